The predicted octanol–water partition coefficient (Wildman–Crippen LogP) is 6.64. The first-order valence-corrected chi connectivity index (χ1v) is 16.8. The van der Waals surface area contributed by atoms with Gasteiger partial charge in [0.15, 0.2) is 6.29 Å². The maximum Gasteiger partial charge on any atom is 0.411 e. The van der Waals surface area contributed by atoms with Gasteiger partial charge in [-0.1, -0.05) is 68.8 Å². The van der Waals surface area contributed by atoms with Crippen LogP contribution < -0.4 is 10.6 Å². The molecule has 2 aromatic rings. The molecule has 2 saturated heterocycles. The summed E-state index contributed by atoms with van der Waals surface area (Å²) in [5.41, 5.74) is 2.86. The molecule has 0 radical (unpaired) electrons. The van der Waals surface area contributed by atoms with Crippen LogP contribution in [0, 0.1) is 11.8 Å². The normalized spacial score (nSPS) is 28.5. The Kier molecular flexibility index (Phi) is 11.2. The van der Waals surface area contributed by atoms with Gasteiger partial charge in [0.2, 0.25) is 5.91 Å². The van der Waals surface area contributed by atoms with E-state index in [1.807, 2.05) is 63.2 Å². The van der Waals surface area contributed by atoms with E-state index in [-0.39, 0.29) is 48.8 Å². The molecule has 0 spiro atoms. The second kappa shape index (κ2) is 15.1. The molecule has 9 nitrogen and oxygen atoms in total. The highest BCUT2D eigenvalue weighted by molar-refractivity contribution is 5.84. The molecule has 2 heterocycles. The molecule has 0 aromatic heterocycles. The zero-order valence-corrected chi connectivity index (χ0v) is 27.7. The lowest BCUT2D eigenvalue weighted by Gasteiger charge is -2.51. The topological polar surface area (TPSA) is 109 Å². The lowest BCUT2D eigenvalue weighted by atomic mass is 9.75. The lowest BCUT2D eigenvalue weighted by molar-refractivity contribution is -0.278. The van der Waals surface area contributed by atoms with Crippen LogP contribution >= 0.6 is 0 Å². The number of amides is 2. The minimum atomic E-state index is -0.705. The molecule has 0 unspecified atom stereocenters. The number of rotatable bonds is 9. The fourth-order valence-electron chi connectivity index (χ4n) is 7.32. The van der Waals surface area contributed by atoms with Crippen molar-refractivity contribution in [2.24, 2.45) is 11.8 Å². The van der Waals surface area contributed by atoms with Crippen molar-refractivity contribution in [3.05, 3.63) is 77.9 Å². The largest absolute Gasteiger partial charge is 0.445 e. The van der Waals surface area contributed by atoms with Crippen LogP contribution in [-0.4, -0.2) is 58.9 Å². The van der Waals surface area contributed by atoms with Crippen molar-refractivity contribution in [3.63, 3.8) is 0 Å². The van der Waals surface area contributed by atoms with Gasteiger partial charge in [-0.15, -0.1) is 0 Å². The zero-order valence-electron chi connectivity index (χ0n) is 27.7. The van der Waals surface area contributed by atoms with E-state index in [0.29, 0.717) is 24.2 Å². The molecule has 9 heteroatoms. The Labute approximate surface area is 273 Å². The first-order chi connectivity index (χ1) is 22.1. The molecule has 2 amide bonds. The summed E-state index contributed by atoms with van der Waals surface area (Å²) in [4.78, 5) is 28.5. The fourth-order valence-corrected chi connectivity index (χ4v) is 7.32. The number of carbonyl (C=O) groups excluding carboxylic acids is 2. The number of aliphatic hydroxyl groups is 1. The molecule has 1 aliphatic carbocycles. The van der Waals surface area contributed by atoms with Crippen LogP contribution in [-0.2, 0) is 25.6 Å². The standard InChI is InChI=1S/C37H51N3O6/c1-6-20-44-36(43)38-29-12-9-11-28(21-29)35-45-32(24(2)33(46-35)27-16-14-25(23-41)15-17-27)22-40-30-13-8-7-10-26(30)18-19-31(40)34(42)39-37(3,4)5/h6,9,11-12,14-17,21,24,26,30-33,35,41H,1,7-8,10,13,18-20,22-23H2,2-5H3,(H,38,43)(H,39,42)/t24-,26+,30+,31+,32+,33+,35+/m0/s1. The molecule has 3 aliphatic rings. The molecule has 1 saturated carbocycles. The van der Waals surface area contributed by atoms with Crippen molar-refractivity contribution in [2.75, 3.05) is 18.5 Å². The van der Waals surface area contributed by atoms with Crippen LogP contribution in [0.25, 0.3) is 0 Å². The third-order valence-electron chi connectivity index (χ3n) is 9.56. The molecule has 0 bridgehead atoms. The van der Waals surface area contributed by atoms with Crippen LogP contribution in [0.3, 0.4) is 0 Å². The SMILES string of the molecule is C=CCOC(=O)Nc1cccc([C@@H]2O[C@H](CN3[C@@H](C(=O)NC(C)(C)C)CC[C@H]4CCCC[C@H]43)[C@H](C)[C@H](c3ccc(CO)cc3)O2)c1. The van der Waals surface area contributed by atoms with Crippen molar-refractivity contribution in [2.45, 2.75) is 109 Å². The fraction of sp³-hybridized carbons (Fsp3) is 0.568. The van der Waals surface area contributed by atoms with Crippen LogP contribution in [0.15, 0.2) is 61.2 Å². The summed E-state index contributed by atoms with van der Waals surface area (Å²) >= 11 is 0. The van der Waals surface area contributed by atoms with Crippen LogP contribution in [0.5, 0.6) is 0 Å². The zero-order chi connectivity index (χ0) is 32.8. The number of aliphatic hydroxyl groups excluding tert-OH is 1. The van der Waals surface area contributed by atoms with Crippen LogP contribution in [0.4, 0.5) is 10.5 Å². The average Bonchev–Trinajstić information content (AvgIpc) is 3.04. The lowest BCUT2D eigenvalue weighted by Crippen LogP contribution is -2.61. The van der Waals surface area contributed by atoms with Gasteiger partial charge < -0.3 is 24.6 Å². The third-order valence-corrected chi connectivity index (χ3v) is 9.56. The number of nitrogens with one attached hydrogen (secondary N) is 2. The van der Waals surface area contributed by atoms with E-state index in [0.717, 1.165) is 36.0 Å². The second-order valence-electron chi connectivity index (χ2n) is 14.1. The van der Waals surface area contributed by atoms with Crippen LogP contribution in [0.1, 0.15) is 95.3 Å². The Hall–Kier alpha value is -3.24. The summed E-state index contributed by atoms with van der Waals surface area (Å²) in [6, 6.07) is 15.4. The Bertz CT molecular complexity index is 1340. The van der Waals surface area contributed by atoms with E-state index in [4.69, 9.17) is 14.2 Å². The van der Waals surface area contributed by atoms with Gasteiger partial charge in [0, 0.05) is 35.3 Å². The quantitative estimate of drug-likeness (QED) is 0.266. The maximum absolute atomic E-state index is 13.8. The van der Waals surface area contributed by atoms with E-state index in [1.54, 1.807) is 6.07 Å². The first-order valence-electron chi connectivity index (χ1n) is 16.8. The number of carbonyl (C=O) groups is 2. The number of ether oxygens (including phenoxy) is 3. The van der Waals surface area contributed by atoms with E-state index in [1.165, 1.54) is 25.3 Å². The number of nitrogens with zero attached hydrogens (tertiary/aromatic N) is 1. The van der Waals surface area contributed by atoms with E-state index < -0.39 is 12.4 Å². The summed E-state index contributed by atoms with van der Waals surface area (Å²) in [5, 5.41) is 15.7. The van der Waals surface area contributed by atoms with Crippen molar-refractivity contribution in [1.29, 1.82) is 0 Å². The number of hydrogen-bond donors (Lipinski definition) is 3. The van der Waals surface area contributed by atoms with Gasteiger partial charge in [0.05, 0.1) is 24.9 Å². The van der Waals surface area contributed by atoms with Crippen LogP contribution in [0.2, 0.25) is 0 Å². The molecule has 3 N–H and O–H groups in total. The molecule has 2 aromatic carbocycles. The Morgan fingerprint density at radius 1 is 1.04 bits per heavy atom. The minimum absolute atomic E-state index is 0.0262. The molecular weight excluding hydrogens is 582 g/mol. The van der Waals surface area contributed by atoms with Gasteiger partial charge in [-0.2, -0.15) is 0 Å². The Balaban J connectivity index is 1.45. The van der Waals surface area contributed by atoms with Gasteiger partial charge in [-0.3, -0.25) is 15.0 Å². The third kappa shape index (κ3) is 8.37. The van der Waals surface area contributed by atoms with Gasteiger partial charge in [-0.05, 0) is 75.6 Å². The molecule has 5 rings (SSSR count). The molecule has 250 valence electrons. The molecular formula is C37H51N3O6. The highest BCUT2D eigenvalue weighted by atomic mass is 16.7. The van der Waals surface area contributed by atoms with E-state index in [9.17, 15) is 14.7 Å². The summed E-state index contributed by atoms with van der Waals surface area (Å²) in [5.74, 6) is 0.650. The molecule has 2 aliphatic heterocycles. The number of likely N-dealkylation sites (tertiary alicyclic amines) is 1. The average molecular weight is 634 g/mol. The molecule has 46 heavy (non-hydrogen) atoms. The summed E-state index contributed by atoms with van der Waals surface area (Å²) < 4.78 is 18.6. The Morgan fingerprint density at radius 2 is 1.80 bits per heavy atom. The monoisotopic (exact) mass is 633 g/mol. The number of hydrogen-bond acceptors (Lipinski definition) is 7. The van der Waals surface area contributed by atoms with Gasteiger partial charge in [-0.25, -0.2) is 4.79 Å². The number of fused-ring (bicyclic) bond motifs is 1. The predicted molar refractivity (Wildman–Crippen MR) is 178 cm³/mol. The summed E-state index contributed by atoms with van der Waals surface area (Å²) in [6.07, 6.45) is 6.35. The number of benzene rings is 2. The van der Waals surface area contributed by atoms with Gasteiger partial charge in [0.1, 0.15) is 6.61 Å². The Morgan fingerprint density at radius 3 is 2.52 bits per heavy atom. The van der Waals surface area contributed by atoms with Gasteiger partial charge >= 0.3 is 6.09 Å². The van der Waals surface area contributed by atoms with E-state index >= 15 is 0 Å². The smallest absolute Gasteiger partial charge is 0.411 e. The molecule has 3 fully saturated rings. The minimum Gasteiger partial charge on any atom is -0.445 e. The highest BCUT2D eigenvalue weighted by Gasteiger charge is 2.46. The van der Waals surface area contributed by atoms with Crippen molar-refractivity contribution in [1.82, 2.24) is 10.2 Å². The van der Waals surface area contributed by atoms with Crippen molar-refractivity contribution < 1.29 is 28.9 Å². The van der Waals surface area contributed by atoms with Crippen molar-refractivity contribution >= 4 is 17.7 Å². The van der Waals surface area contributed by atoms with E-state index in [2.05, 4.69) is 29.0 Å². The maximum atomic E-state index is 13.8. The highest BCUT2D eigenvalue weighted by Crippen LogP contribution is 2.44. The van der Waals surface area contributed by atoms with Gasteiger partial charge in [0.25, 0.3) is 0 Å². The number of anilines is 1. The molecule has 7 atom stereocenters. The van der Waals surface area contributed by atoms with Crippen molar-refractivity contribution in [3.8, 4) is 0 Å². The number of piperidine rings is 1. The summed E-state index contributed by atoms with van der Waals surface area (Å²) in [6.45, 7) is 12.5. The second-order valence-corrected chi connectivity index (χ2v) is 14.1. The summed E-state index contributed by atoms with van der Waals surface area (Å²) in [7, 11) is 0. The first kappa shape index (κ1) is 34.1.